The molecule has 3 N–H and O–H groups in total. The fraction of sp³-hybridized carbons (Fsp3) is 0. The number of nitrogen functional groups attached to an aromatic ring is 1. The van der Waals surface area contributed by atoms with Crippen molar-refractivity contribution >= 4 is 33.1 Å². The summed E-state index contributed by atoms with van der Waals surface area (Å²) >= 11 is 5.71. The number of hydrogen-bond donors (Lipinski definition) is 2. The van der Waals surface area contributed by atoms with Gasteiger partial charge >= 0.3 is 0 Å². The van der Waals surface area contributed by atoms with E-state index in [1.54, 1.807) is 0 Å². The zero-order valence-corrected chi connectivity index (χ0v) is 11.0. The molecule has 0 aliphatic rings. The number of anilines is 2. The van der Waals surface area contributed by atoms with Crippen molar-refractivity contribution in [3.8, 4) is 0 Å². The predicted octanol–water partition coefficient (Wildman–Crippen LogP) is 2.26. The van der Waals surface area contributed by atoms with Gasteiger partial charge in [-0.25, -0.2) is 17.8 Å². The Kier molecular flexibility index (Phi) is 3.59. The van der Waals surface area contributed by atoms with Crippen LogP contribution in [0.3, 0.4) is 0 Å². The molecule has 1 heterocycles. The topological polar surface area (TPSA) is 85.1 Å². The highest BCUT2D eigenvalue weighted by Gasteiger charge is 2.16. The molecule has 2 rings (SSSR count). The van der Waals surface area contributed by atoms with E-state index in [1.807, 2.05) is 0 Å². The van der Waals surface area contributed by atoms with E-state index < -0.39 is 15.8 Å². The number of nitrogens with zero attached hydrogens (tertiary/aromatic N) is 1. The first kappa shape index (κ1) is 13.6. The van der Waals surface area contributed by atoms with Gasteiger partial charge in [-0.15, -0.1) is 0 Å². The van der Waals surface area contributed by atoms with Gasteiger partial charge in [0.15, 0.2) is 0 Å². The minimum absolute atomic E-state index is 0.0460. The molecule has 5 nitrogen and oxygen atoms in total. The van der Waals surface area contributed by atoms with Crippen LogP contribution in [0.15, 0.2) is 41.4 Å². The first-order valence-electron chi connectivity index (χ1n) is 5.08. The maximum Gasteiger partial charge on any atom is 0.263 e. The number of aromatic nitrogens is 1. The largest absolute Gasteiger partial charge is 0.396 e. The number of rotatable bonds is 3. The van der Waals surface area contributed by atoms with Crippen LogP contribution in [0.2, 0.25) is 5.02 Å². The van der Waals surface area contributed by atoms with Gasteiger partial charge in [0.05, 0.1) is 10.6 Å². The fourth-order valence-corrected chi connectivity index (χ4v) is 2.50. The molecule has 0 atom stereocenters. The van der Waals surface area contributed by atoms with Crippen molar-refractivity contribution in [3.63, 3.8) is 0 Å². The van der Waals surface area contributed by atoms with Crippen molar-refractivity contribution in [1.82, 2.24) is 4.98 Å². The zero-order chi connectivity index (χ0) is 14.0. The van der Waals surface area contributed by atoms with Crippen molar-refractivity contribution in [2.75, 3.05) is 10.5 Å². The molecule has 0 spiro atoms. The molecule has 0 aliphatic carbocycles. The van der Waals surface area contributed by atoms with Gasteiger partial charge in [-0.05, 0) is 24.3 Å². The monoisotopic (exact) mass is 301 g/mol. The Morgan fingerprint density at radius 2 is 2.00 bits per heavy atom. The normalized spacial score (nSPS) is 11.3. The number of sulfonamides is 1. The standard InChI is InChI=1S/C11H9ClFN3O2S/c12-7-3-4-15-11(5-7)16-19(17,18)8-1-2-10(14)9(13)6-8/h1-6H,14H2,(H,15,16). The van der Waals surface area contributed by atoms with E-state index in [2.05, 4.69) is 9.71 Å². The van der Waals surface area contributed by atoms with Crippen LogP contribution in [0, 0.1) is 5.82 Å². The lowest BCUT2D eigenvalue weighted by Crippen LogP contribution is -2.14. The lowest BCUT2D eigenvalue weighted by Gasteiger charge is -2.08. The third-order valence-corrected chi connectivity index (χ3v) is 3.83. The van der Waals surface area contributed by atoms with Gasteiger partial charge in [0.1, 0.15) is 11.6 Å². The van der Waals surface area contributed by atoms with Gasteiger partial charge < -0.3 is 5.73 Å². The fourth-order valence-electron chi connectivity index (χ4n) is 1.33. The Hall–Kier alpha value is -1.86. The summed E-state index contributed by atoms with van der Waals surface area (Å²) in [7, 11) is -3.94. The molecule has 1 aromatic heterocycles. The smallest absolute Gasteiger partial charge is 0.263 e. The predicted molar refractivity (Wildman–Crippen MR) is 70.9 cm³/mol. The van der Waals surface area contributed by atoms with Crippen molar-refractivity contribution in [3.05, 3.63) is 47.4 Å². The van der Waals surface area contributed by atoms with Gasteiger partial charge in [-0.1, -0.05) is 11.6 Å². The zero-order valence-electron chi connectivity index (χ0n) is 9.47. The van der Waals surface area contributed by atoms with E-state index in [9.17, 15) is 12.8 Å². The average molecular weight is 302 g/mol. The van der Waals surface area contributed by atoms with E-state index in [1.165, 1.54) is 30.5 Å². The highest BCUT2D eigenvalue weighted by atomic mass is 35.5. The van der Waals surface area contributed by atoms with Crippen LogP contribution in [0.5, 0.6) is 0 Å². The summed E-state index contributed by atoms with van der Waals surface area (Å²) in [6.45, 7) is 0. The van der Waals surface area contributed by atoms with Crippen LogP contribution >= 0.6 is 11.6 Å². The molecule has 0 amide bonds. The van der Waals surface area contributed by atoms with E-state index in [0.717, 1.165) is 6.07 Å². The Balaban J connectivity index is 2.35. The maximum atomic E-state index is 13.3. The molecular formula is C11H9ClFN3O2S. The van der Waals surface area contributed by atoms with E-state index in [0.29, 0.717) is 5.02 Å². The van der Waals surface area contributed by atoms with E-state index in [4.69, 9.17) is 17.3 Å². The van der Waals surface area contributed by atoms with Crippen LogP contribution in [-0.2, 0) is 10.0 Å². The van der Waals surface area contributed by atoms with Crippen molar-refractivity contribution < 1.29 is 12.8 Å². The van der Waals surface area contributed by atoms with E-state index in [-0.39, 0.29) is 16.4 Å². The minimum atomic E-state index is -3.94. The van der Waals surface area contributed by atoms with Gasteiger partial charge in [-0.2, -0.15) is 0 Å². The summed E-state index contributed by atoms with van der Waals surface area (Å²) in [6, 6.07) is 6.05. The molecule has 0 saturated carbocycles. The lowest BCUT2D eigenvalue weighted by molar-refractivity contribution is 0.596. The van der Waals surface area contributed by atoms with Gasteiger partial charge in [0, 0.05) is 17.3 Å². The summed E-state index contributed by atoms with van der Waals surface area (Å²) in [5.41, 5.74) is 5.16. The Labute approximate surface area is 114 Å². The van der Waals surface area contributed by atoms with Gasteiger partial charge in [0.2, 0.25) is 0 Å². The Bertz CT molecular complexity index is 722. The molecule has 0 saturated heterocycles. The second kappa shape index (κ2) is 5.02. The number of nitrogens with two attached hydrogens (primary N) is 1. The molecule has 0 radical (unpaired) electrons. The summed E-state index contributed by atoms with van der Waals surface area (Å²) in [4.78, 5) is 3.55. The number of halogens is 2. The lowest BCUT2D eigenvalue weighted by atomic mass is 10.3. The molecule has 100 valence electrons. The van der Waals surface area contributed by atoms with Gasteiger partial charge in [-0.3, -0.25) is 4.72 Å². The number of benzene rings is 1. The molecule has 19 heavy (non-hydrogen) atoms. The molecule has 0 fully saturated rings. The average Bonchev–Trinajstić information content (AvgIpc) is 2.32. The molecule has 1 aromatic carbocycles. The second-order valence-corrected chi connectivity index (χ2v) is 5.77. The number of hydrogen-bond acceptors (Lipinski definition) is 4. The summed E-state index contributed by atoms with van der Waals surface area (Å²) in [6.07, 6.45) is 1.35. The van der Waals surface area contributed by atoms with Crippen LogP contribution in [0.25, 0.3) is 0 Å². The highest BCUT2D eigenvalue weighted by molar-refractivity contribution is 7.92. The second-order valence-electron chi connectivity index (χ2n) is 3.65. The summed E-state index contributed by atoms with van der Waals surface area (Å²) < 4.78 is 39.4. The van der Waals surface area contributed by atoms with Crippen LogP contribution in [0.1, 0.15) is 0 Å². The maximum absolute atomic E-state index is 13.3. The first-order valence-corrected chi connectivity index (χ1v) is 6.94. The molecule has 0 unspecified atom stereocenters. The van der Waals surface area contributed by atoms with Crippen molar-refractivity contribution in [1.29, 1.82) is 0 Å². The van der Waals surface area contributed by atoms with Crippen LogP contribution < -0.4 is 10.5 Å². The third kappa shape index (κ3) is 3.12. The van der Waals surface area contributed by atoms with Crippen LogP contribution in [0.4, 0.5) is 15.9 Å². The summed E-state index contributed by atoms with van der Waals surface area (Å²) in [5.74, 6) is -0.758. The molecule has 2 aromatic rings. The molecule has 8 heteroatoms. The highest BCUT2D eigenvalue weighted by Crippen LogP contribution is 2.20. The number of nitrogens with one attached hydrogen (secondary N) is 1. The van der Waals surface area contributed by atoms with Gasteiger partial charge in [0.25, 0.3) is 10.0 Å². The minimum Gasteiger partial charge on any atom is -0.396 e. The van der Waals surface area contributed by atoms with E-state index >= 15 is 0 Å². The molecule has 0 aliphatic heterocycles. The van der Waals surface area contributed by atoms with Crippen LogP contribution in [-0.4, -0.2) is 13.4 Å². The Morgan fingerprint density at radius 1 is 1.26 bits per heavy atom. The van der Waals surface area contributed by atoms with Crippen molar-refractivity contribution in [2.45, 2.75) is 4.90 Å². The SMILES string of the molecule is Nc1ccc(S(=O)(=O)Nc2cc(Cl)ccn2)cc1F. The molecular weight excluding hydrogens is 293 g/mol. The third-order valence-electron chi connectivity index (χ3n) is 2.24. The van der Waals surface area contributed by atoms with Crippen molar-refractivity contribution in [2.24, 2.45) is 0 Å². The molecule has 0 bridgehead atoms. The first-order chi connectivity index (χ1) is 8.88. The quantitative estimate of drug-likeness (QED) is 0.852. The number of pyridine rings is 1. The summed E-state index contributed by atoms with van der Waals surface area (Å²) in [5, 5.41) is 0.330. The Morgan fingerprint density at radius 3 is 2.63 bits per heavy atom.